The molecule has 0 rings (SSSR count). The van der Waals surface area contributed by atoms with Crippen molar-refractivity contribution in [3.8, 4) is 0 Å². The van der Waals surface area contributed by atoms with Gasteiger partial charge in [0.1, 0.15) is 12.9 Å². The van der Waals surface area contributed by atoms with Crippen LogP contribution < -0.4 is 5.32 Å². The van der Waals surface area contributed by atoms with E-state index in [0.29, 0.717) is 19.5 Å². The summed E-state index contributed by atoms with van der Waals surface area (Å²) in [4.78, 5) is 32.3. The zero-order valence-electron chi connectivity index (χ0n) is 11.1. The van der Waals surface area contributed by atoms with Gasteiger partial charge in [0, 0.05) is 25.9 Å². The Kier molecular flexibility index (Phi) is 10.7. The number of ether oxygens (including phenoxy) is 2. The van der Waals surface area contributed by atoms with Gasteiger partial charge in [-0.2, -0.15) is 0 Å². The lowest BCUT2D eigenvalue weighted by atomic mass is 10.3. The van der Waals surface area contributed by atoms with Gasteiger partial charge < -0.3 is 24.7 Å². The van der Waals surface area contributed by atoms with Crippen LogP contribution in [0.25, 0.3) is 0 Å². The summed E-state index contributed by atoms with van der Waals surface area (Å²) >= 11 is 0. The Bertz CT molecular complexity index is 281. The predicted octanol–water partition coefficient (Wildman–Crippen LogP) is -0.588. The highest BCUT2D eigenvalue weighted by atomic mass is 16.6. The number of carbonyl (C=O) groups excluding carboxylic acids is 3. The number of carbonyl (C=O) groups is 3. The molecule has 0 fully saturated rings. The van der Waals surface area contributed by atoms with E-state index < -0.39 is 24.6 Å². The number of aliphatic hydroxyl groups is 1. The third-order valence-electron chi connectivity index (χ3n) is 2.17. The van der Waals surface area contributed by atoms with Crippen LogP contribution in [0.3, 0.4) is 0 Å². The van der Waals surface area contributed by atoms with Crippen LogP contribution in [-0.4, -0.2) is 55.7 Å². The second-order valence-corrected chi connectivity index (χ2v) is 3.79. The van der Waals surface area contributed by atoms with E-state index in [9.17, 15) is 14.4 Å². The van der Waals surface area contributed by atoms with E-state index >= 15 is 0 Å². The number of aldehydes is 1. The first-order valence-corrected chi connectivity index (χ1v) is 6.24. The third kappa shape index (κ3) is 10.2. The molecule has 19 heavy (non-hydrogen) atoms. The van der Waals surface area contributed by atoms with Gasteiger partial charge in [-0.3, -0.25) is 9.59 Å². The molecule has 110 valence electrons. The molecular formula is C12H21NO6. The number of hydrogen-bond donors (Lipinski definition) is 2. The lowest BCUT2D eigenvalue weighted by Gasteiger charge is -2.15. The fourth-order valence-electron chi connectivity index (χ4n) is 1.13. The zero-order valence-corrected chi connectivity index (χ0v) is 11.1. The van der Waals surface area contributed by atoms with Gasteiger partial charge in [-0.05, 0) is 0 Å². The Morgan fingerprint density at radius 2 is 2.05 bits per heavy atom. The summed E-state index contributed by atoms with van der Waals surface area (Å²) in [6.07, 6.45) is 0.693. The Morgan fingerprint density at radius 1 is 1.32 bits per heavy atom. The highest BCUT2D eigenvalue weighted by Gasteiger charge is 2.15. The monoisotopic (exact) mass is 275 g/mol. The second kappa shape index (κ2) is 11.6. The van der Waals surface area contributed by atoms with Gasteiger partial charge in [-0.25, -0.2) is 0 Å². The summed E-state index contributed by atoms with van der Waals surface area (Å²) in [5, 5.41) is 11.9. The van der Waals surface area contributed by atoms with Gasteiger partial charge >= 0.3 is 11.9 Å². The number of hydrogen-bond acceptors (Lipinski definition) is 7. The van der Waals surface area contributed by atoms with Crippen LogP contribution in [0.2, 0.25) is 0 Å². The number of nitrogens with one attached hydrogen (secondary N) is 1. The van der Waals surface area contributed by atoms with Gasteiger partial charge in [0.25, 0.3) is 0 Å². The average molecular weight is 275 g/mol. The van der Waals surface area contributed by atoms with Crippen molar-refractivity contribution in [3.05, 3.63) is 0 Å². The van der Waals surface area contributed by atoms with E-state index in [-0.39, 0.29) is 19.4 Å². The van der Waals surface area contributed by atoms with Crippen LogP contribution in [0.5, 0.6) is 0 Å². The molecule has 0 aliphatic rings. The minimum Gasteiger partial charge on any atom is -0.462 e. The SMILES string of the molecule is CCC(=O)OCC(CO)OC(=O)CCNCCC=O. The maximum atomic E-state index is 11.4. The van der Waals surface area contributed by atoms with Crippen molar-refractivity contribution in [2.45, 2.75) is 32.3 Å². The average Bonchev–Trinajstić information content (AvgIpc) is 2.42. The molecule has 1 atom stereocenters. The summed E-state index contributed by atoms with van der Waals surface area (Å²) in [5.41, 5.74) is 0. The van der Waals surface area contributed by atoms with Gasteiger partial charge in [-0.1, -0.05) is 6.92 Å². The van der Waals surface area contributed by atoms with Crippen LogP contribution in [0.4, 0.5) is 0 Å². The number of aliphatic hydroxyl groups excluding tert-OH is 1. The molecule has 0 saturated heterocycles. The first kappa shape index (κ1) is 17.5. The van der Waals surface area contributed by atoms with E-state index in [1.165, 1.54) is 0 Å². The van der Waals surface area contributed by atoms with E-state index in [1.807, 2.05) is 0 Å². The van der Waals surface area contributed by atoms with Gasteiger partial charge in [0.2, 0.25) is 0 Å². The molecular weight excluding hydrogens is 254 g/mol. The fraction of sp³-hybridized carbons (Fsp3) is 0.750. The quantitative estimate of drug-likeness (QED) is 0.295. The van der Waals surface area contributed by atoms with E-state index in [2.05, 4.69) is 5.32 Å². The molecule has 0 radical (unpaired) electrons. The highest BCUT2D eigenvalue weighted by Crippen LogP contribution is 1.97. The minimum absolute atomic E-state index is 0.122. The lowest BCUT2D eigenvalue weighted by Crippen LogP contribution is -2.30. The molecule has 7 heteroatoms. The number of esters is 2. The van der Waals surface area contributed by atoms with Gasteiger partial charge in [0.05, 0.1) is 13.0 Å². The Labute approximate surface area is 112 Å². The van der Waals surface area contributed by atoms with Crippen molar-refractivity contribution in [2.24, 2.45) is 0 Å². The smallest absolute Gasteiger partial charge is 0.307 e. The van der Waals surface area contributed by atoms with Crippen molar-refractivity contribution in [3.63, 3.8) is 0 Å². The van der Waals surface area contributed by atoms with Crippen LogP contribution in [0.1, 0.15) is 26.2 Å². The third-order valence-corrected chi connectivity index (χ3v) is 2.17. The van der Waals surface area contributed by atoms with Crippen LogP contribution in [-0.2, 0) is 23.9 Å². The fourth-order valence-corrected chi connectivity index (χ4v) is 1.13. The molecule has 0 spiro atoms. The molecule has 0 amide bonds. The van der Waals surface area contributed by atoms with Crippen LogP contribution in [0.15, 0.2) is 0 Å². The van der Waals surface area contributed by atoms with E-state index in [1.54, 1.807) is 6.92 Å². The topological polar surface area (TPSA) is 102 Å². The summed E-state index contributed by atoms with van der Waals surface area (Å²) in [6, 6.07) is 0. The molecule has 7 nitrogen and oxygen atoms in total. The van der Waals surface area contributed by atoms with Crippen molar-refractivity contribution in [1.29, 1.82) is 0 Å². The lowest BCUT2D eigenvalue weighted by molar-refractivity contribution is -0.161. The van der Waals surface area contributed by atoms with Crippen LogP contribution in [0, 0.1) is 0 Å². The van der Waals surface area contributed by atoms with Crippen molar-refractivity contribution < 1.29 is 29.0 Å². The van der Waals surface area contributed by atoms with Crippen LogP contribution >= 0.6 is 0 Å². The normalized spacial score (nSPS) is 11.7. The summed E-state index contributed by atoms with van der Waals surface area (Å²) in [6.45, 7) is 2.00. The minimum atomic E-state index is -0.835. The molecule has 0 aromatic heterocycles. The molecule has 0 aliphatic carbocycles. The molecule has 0 aliphatic heterocycles. The first-order chi connectivity index (χ1) is 9.13. The second-order valence-electron chi connectivity index (χ2n) is 3.79. The Morgan fingerprint density at radius 3 is 2.63 bits per heavy atom. The summed E-state index contributed by atoms with van der Waals surface area (Å²) in [7, 11) is 0. The molecule has 0 aromatic rings. The first-order valence-electron chi connectivity index (χ1n) is 6.24. The van der Waals surface area contributed by atoms with E-state index in [0.717, 1.165) is 6.29 Å². The molecule has 0 bridgehead atoms. The predicted molar refractivity (Wildman–Crippen MR) is 66.4 cm³/mol. The largest absolute Gasteiger partial charge is 0.462 e. The van der Waals surface area contributed by atoms with Crippen molar-refractivity contribution in [1.82, 2.24) is 5.32 Å². The van der Waals surface area contributed by atoms with Gasteiger partial charge in [-0.15, -0.1) is 0 Å². The van der Waals surface area contributed by atoms with Crippen molar-refractivity contribution >= 4 is 18.2 Å². The molecule has 0 saturated carbocycles. The maximum Gasteiger partial charge on any atom is 0.307 e. The summed E-state index contributed by atoms with van der Waals surface area (Å²) in [5.74, 6) is -0.907. The van der Waals surface area contributed by atoms with Crippen molar-refractivity contribution in [2.75, 3.05) is 26.3 Å². The number of rotatable bonds is 11. The van der Waals surface area contributed by atoms with Gasteiger partial charge in [0.15, 0.2) is 6.10 Å². The molecule has 1 unspecified atom stereocenters. The summed E-state index contributed by atoms with van der Waals surface area (Å²) < 4.78 is 9.70. The molecule has 0 heterocycles. The zero-order chi connectivity index (χ0) is 14.5. The Balaban J connectivity index is 3.74. The molecule has 0 aromatic carbocycles. The highest BCUT2D eigenvalue weighted by molar-refractivity contribution is 5.70. The Hall–Kier alpha value is -1.47. The molecule has 2 N–H and O–H groups in total. The maximum absolute atomic E-state index is 11.4. The van der Waals surface area contributed by atoms with E-state index in [4.69, 9.17) is 14.6 Å². The standard InChI is InChI=1S/C12H21NO6/c1-2-11(16)18-9-10(8-15)19-12(17)4-6-13-5-3-7-14/h7,10,13,15H,2-6,8-9H2,1H3.